The minimum Gasteiger partial charge on any atom is -0.465 e. The van der Waals surface area contributed by atoms with Gasteiger partial charge in [0, 0.05) is 13.5 Å². The molecule has 0 N–H and O–H groups in total. The minimum atomic E-state index is -0.183. The Morgan fingerprint density at radius 2 is 2.39 bits per heavy atom. The van der Waals surface area contributed by atoms with Crippen molar-refractivity contribution >= 4 is 17.7 Å². The van der Waals surface area contributed by atoms with Gasteiger partial charge in [0.2, 0.25) is 0 Å². The third-order valence-electron chi connectivity index (χ3n) is 2.71. The van der Waals surface area contributed by atoms with E-state index < -0.39 is 0 Å². The maximum atomic E-state index is 11.4. The van der Waals surface area contributed by atoms with Crippen LogP contribution in [-0.2, 0) is 16.6 Å². The van der Waals surface area contributed by atoms with Crippen molar-refractivity contribution in [3.63, 3.8) is 0 Å². The zero-order valence-corrected chi connectivity index (χ0v) is 10.5. The smallest absolute Gasteiger partial charge is 0.319 e. The van der Waals surface area contributed by atoms with Gasteiger partial charge >= 0.3 is 5.97 Å². The summed E-state index contributed by atoms with van der Waals surface area (Å²) < 4.78 is 12.0. The molecule has 6 nitrogen and oxygen atoms in total. The molecule has 94 valence electrons. The topological polar surface area (TPSA) is 70.2 Å². The molecule has 1 fully saturated rings. The van der Waals surface area contributed by atoms with Gasteiger partial charge in [0.25, 0.3) is 0 Å². The zero-order valence-electron chi connectivity index (χ0n) is 9.70. The first-order valence-electron chi connectivity index (χ1n) is 5.52. The summed E-state index contributed by atoms with van der Waals surface area (Å²) in [6, 6.07) is 3.62. The second kappa shape index (κ2) is 4.49. The number of hydrogen-bond acceptors (Lipinski definition) is 6. The van der Waals surface area contributed by atoms with Gasteiger partial charge in [-0.1, -0.05) is 11.8 Å². The lowest BCUT2D eigenvalue weighted by molar-refractivity contribution is -0.137. The Hall–Kier alpha value is -1.76. The van der Waals surface area contributed by atoms with Gasteiger partial charge in [-0.15, -0.1) is 10.2 Å². The highest BCUT2D eigenvalue weighted by Crippen LogP contribution is 2.30. The predicted molar refractivity (Wildman–Crippen MR) is 63.9 cm³/mol. The van der Waals surface area contributed by atoms with Crippen LogP contribution in [0, 0.1) is 0 Å². The van der Waals surface area contributed by atoms with Gasteiger partial charge in [0.15, 0.2) is 16.7 Å². The normalized spacial score (nSPS) is 19.2. The van der Waals surface area contributed by atoms with Crippen LogP contribution in [0.4, 0.5) is 0 Å². The third kappa shape index (κ3) is 1.90. The predicted octanol–water partition coefficient (Wildman–Crippen LogP) is 1.48. The second-order valence-corrected chi connectivity index (χ2v) is 5.08. The fraction of sp³-hybridized carbons (Fsp3) is 0.364. The maximum absolute atomic E-state index is 11.4. The lowest BCUT2D eigenvalue weighted by Gasteiger charge is -2.04. The Balaban J connectivity index is 1.84. The molecule has 1 saturated heterocycles. The van der Waals surface area contributed by atoms with Crippen LogP contribution in [0.3, 0.4) is 0 Å². The van der Waals surface area contributed by atoms with E-state index in [4.69, 9.17) is 9.15 Å². The van der Waals surface area contributed by atoms with Gasteiger partial charge < -0.3 is 13.7 Å². The molecule has 1 atom stereocenters. The number of carbonyl (C=O) groups excluding carboxylic acids is 1. The molecule has 0 spiro atoms. The van der Waals surface area contributed by atoms with Crippen LogP contribution in [0.25, 0.3) is 11.6 Å². The summed E-state index contributed by atoms with van der Waals surface area (Å²) in [4.78, 5) is 11.4. The molecule has 7 heteroatoms. The second-order valence-electron chi connectivity index (χ2n) is 3.91. The molecular weight excluding hydrogens is 254 g/mol. The summed E-state index contributed by atoms with van der Waals surface area (Å²) in [6.45, 7) is 0.486. The number of aromatic nitrogens is 3. The largest absolute Gasteiger partial charge is 0.465 e. The summed E-state index contributed by atoms with van der Waals surface area (Å²) in [5.41, 5.74) is 0. The van der Waals surface area contributed by atoms with E-state index in [1.54, 1.807) is 12.3 Å². The molecule has 1 aliphatic rings. The first kappa shape index (κ1) is 11.3. The fourth-order valence-electron chi connectivity index (χ4n) is 1.75. The molecule has 3 rings (SSSR count). The van der Waals surface area contributed by atoms with Crippen molar-refractivity contribution in [2.75, 3.05) is 6.61 Å². The van der Waals surface area contributed by atoms with E-state index in [-0.39, 0.29) is 11.2 Å². The zero-order chi connectivity index (χ0) is 12.5. The quantitative estimate of drug-likeness (QED) is 0.783. The van der Waals surface area contributed by atoms with Crippen molar-refractivity contribution in [2.24, 2.45) is 7.05 Å². The highest BCUT2D eigenvalue weighted by Gasteiger charge is 2.29. The van der Waals surface area contributed by atoms with E-state index in [0.717, 1.165) is 0 Å². The van der Waals surface area contributed by atoms with Crippen molar-refractivity contribution in [2.45, 2.75) is 16.8 Å². The van der Waals surface area contributed by atoms with Crippen LogP contribution in [0.1, 0.15) is 6.42 Å². The van der Waals surface area contributed by atoms with E-state index in [0.29, 0.717) is 29.8 Å². The van der Waals surface area contributed by atoms with Gasteiger partial charge in [-0.2, -0.15) is 0 Å². The molecule has 0 unspecified atom stereocenters. The number of cyclic esters (lactones) is 1. The number of thioether (sulfide) groups is 1. The third-order valence-corrected chi connectivity index (χ3v) is 3.99. The molecule has 2 aromatic rings. The van der Waals surface area contributed by atoms with Crippen LogP contribution in [-0.4, -0.2) is 32.6 Å². The molecule has 0 aliphatic carbocycles. The molecule has 0 bridgehead atoms. The lowest BCUT2D eigenvalue weighted by Crippen LogP contribution is -2.10. The Morgan fingerprint density at radius 1 is 1.50 bits per heavy atom. The summed E-state index contributed by atoms with van der Waals surface area (Å²) >= 11 is 1.38. The first-order chi connectivity index (χ1) is 8.75. The van der Waals surface area contributed by atoms with Crippen LogP contribution < -0.4 is 0 Å². The van der Waals surface area contributed by atoms with Gasteiger partial charge in [-0.25, -0.2) is 0 Å². The average molecular weight is 265 g/mol. The van der Waals surface area contributed by atoms with Crippen molar-refractivity contribution in [1.82, 2.24) is 14.8 Å². The lowest BCUT2D eigenvalue weighted by atomic mass is 10.4. The number of furan rings is 1. The van der Waals surface area contributed by atoms with Crippen molar-refractivity contribution in [1.29, 1.82) is 0 Å². The number of rotatable bonds is 3. The number of carbonyl (C=O) groups is 1. The molecule has 0 aromatic carbocycles. The van der Waals surface area contributed by atoms with Crippen LogP contribution >= 0.6 is 11.8 Å². The Kier molecular flexibility index (Phi) is 2.83. The molecular formula is C11H11N3O3S. The standard InChI is InChI=1S/C11H11N3O3S/c1-14-9(7-3-2-5-16-7)12-13-11(14)18-8-4-6-17-10(8)15/h2-3,5,8H,4,6H2,1H3/t8-/m1/s1. The highest BCUT2D eigenvalue weighted by atomic mass is 32.2. The minimum absolute atomic E-state index is 0.178. The average Bonchev–Trinajstić information content (AvgIpc) is 3.05. The Morgan fingerprint density at radius 3 is 3.06 bits per heavy atom. The van der Waals surface area contributed by atoms with E-state index in [1.165, 1.54) is 11.8 Å². The molecule has 0 radical (unpaired) electrons. The van der Waals surface area contributed by atoms with Gasteiger partial charge in [0.05, 0.1) is 12.9 Å². The van der Waals surface area contributed by atoms with Crippen LogP contribution in [0.15, 0.2) is 28.0 Å². The van der Waals surface area contributed by atoms with Gasteiger partial charge in [0.1, 0.15) is 5.25 Å². The molecule has 18 heavy (non-hydrogen) atoms. The van der Waals surface area contributed by atoms with Crippen LogP contribution in [0.2, 0.25) is 0 Å². The van der Waals surface area contributed by atoms with E-state index in [9.17, 15) is 4.79 Å². The number of hydrogen-bond donors (Lipinski definition) is 0. The van der Waals surface area contributed by atoms with Gasteiger partial charge in [-0.3, -0.25) is 4.79 Å². The number of nitrogens with zero attached hydrogens (tertiary/aromatic N) is 3. The fourth-order valence-corrected chi connectivity index (χ4v) is 2.71. The summed E-state index contributed by atoms with van der Waals surface area (Å²) in [7, 11) is 1.85. The molecule has 0 amide bonds. The monoisotopic (exact) mass is 265 g/mol. The maximum Gasteiger partial charge on any atom is 0.319 e. The number of ether oxygens (including phenoxy) is 1. The SMILES string of the molecule is Cn1c(S[C@@H]2CCOC2=O)nnc1-c1ccco1. The summed E-state index contributed by atoms with van der Waals surface area (Å²) in [5.74, 6) is 1.13. The first-order valence-corrected chi connectivity index (χ1v) is 6.40. The molecule has 0 saturated carbocycles. The molecule has 3 heterocycles. The molecule has 1 aliphatic heterocycles. The van der Waals surface area contributed by atoms with Gasteiger partial charge in [-0.05, 0) is 12.1 Å². The van der Waals surface area contributed by atoms with E-state index in [2.05, 4.69) is 10.2 Å². The highest BCUT2D eigenvalue weighted by molar-refractivity contribution is 8.00. The number of esters is 1. The molecule has 2 aromatic heterocycles. The Labute approximate surface area is 107 Å². The Bertz CT molecular complexity index is 564. The van der Waals surface area contributed by atoms with Crippen LogP contribution in [0.5, 0.6) is 0 Å². The van der Waals surface area contributed by atoms with E-state index in [1.807, 2.05) is 17.7 Å². The van der Waals surface area contributed by atoms with Crippen molar-refractivity contribution < 1.29 is 13.9 Å². The van der Waals surface area contributed by atoms with E-state index >= 15 is 0 Å². The summed E-state index contributed by atoms with van der Waals surface area (Å²) in [5, 5.41) is 8.65. The van der Waals surface area contributed by atoms with Crippen molar-refractivity contribution in [3.05, 3.63) is 18.4 Å². The van der Waals surface area contributed by atoms with Crippen molar-refractivity contribution in [3.8, 4) is 11.6 Å². The summed E-state index contributed by atoms with van der Waals surface area (Å²) in [6.07, 6.45) is 2.30.